The fourth-order valence-corrected chi connectivity index (χ4v) is 1.99. The standard InChI is InChI=1S/C11H14N4O3/c1-15-11(12-6-13-15)14-9(16)7-4-2-3-5-8(7)10(17)18/h2-3,6-8H,4-5H2,1H3,(H,17,18)(H,12,13,14,16). The minimum atomic E-state index is -0.947. The highest BCUT2D eigenvalue weighted by Crippen LogP contribution is 2.26. The Labute approximate surface area is 104 Å². The molecule has 1 heterocycles. The molecule has 0 aromatic carbocycles. The van der Waals surface area contributed by atoms with Gasteiger partial charge in [0.25, 0.3) is 0 Å². The first-order chi connectivity index (χ1) is 8.59. The highest BCUT2D eigenvalue weighted by molar-refractivity contribution is 5.94. The lowest BCUT2D eigenvalue weighted by Crippen LogP contribution is -2.35. The van der Waals surface area contributed by atoms with E-state index in [1.54, 1.807) is 13.1 Å². The summed E-state index contributed by atoms with van der Waals surface area (Å²) in [5.41, 5.74) is 0. The first-order valence-corrected chi connectivity index (χ1v) is 5.62. The van der Waals surface area contributed by atoms with Crippen LogP contribution in [0.15, 0.2) is 18.5 Å². The Bertz CT molecular complexity index is 494. The van der Waals surface area contributed by atoms with Gasteiger partial charge in [-0.15, -0.1) is 0 Å². The number of hydrogen-bond acceptors (Lipinski definition) is 4. The van der Waals surface area contributed by atoms with Crippen LogP contribution in [0.4, 0.5) is 5.95 Å². The number of allylic oxidation sites excluding steroid dienone is 2. The van der Waals surface area contributed by atoms with Crippen LogP contribution >= 0.6 is 0 Å². The molecule has 2 N–H and O–H groups in total. The van der Waals surface area contributed by atoms with Gasteiger partial charge >= 0.3 is 5.97 Å². The summed E-state index contributed by atoms with van der Waals surface area (Å²) >= 11 is 0. The molecule has 0 bridgehead atoms. The molecule has 2 atom stereocenters. The Hall–Kier alpha value is -2.18. The Balaban J connectivity index is 2.10. The third-order valence-electron chi connectivity index (χ3n) is 3.03. The van der Waals surface area contributed by atoms with Crippen LogP contribution in [0.3, 0.4) is 0 Å². The topological polar surface area (TPSA) is 97.1 Å². The van der Waals surface area contributed by atoms with E-state index in [4.69, 9.17) is 5.11 Å². The van der Waals surface area contributed by atoms with Crippen LogP contribution in [-0.2, 0) is 16.6 Å². The van der Waals surface area contributed by atoms with Crippen molar-refractivity contribution < 1.29 is 14.7 Å². The molecule has 0 radical (unpaired) electrons. The van der Waals surface area contributed by atoms with E-state index in [9.17, 15) is 9.59 Å². The van der Waals surface area contributed by atoms with Crippen molar-refractivity contribution >= 4 is 17.8 Å². The minimum Gasteiger partial charge on any atom is -0.481 e. The zero-order chi connectivity index (χ0) is 13.1. The average molecular weight is 250 g/mol. The van der Waals surface area contributed by atoms with Gasteiger partial charge in [0.15, 0.2) is 0 Å². The number of carbonyl (C=O) groups is 2. The molecule has 1 aliphatic rings. The van der Waals surface area contributed by atoms with Gasteiger partial charge in [0, 0.05) is 7.05 Å². The predicted molar refractivity (Wildman–Crippen MR) is 62.6 cm³/mol. The van der Waals surface area contributed by atoms with Gasteiger partial charge in [-0.3, -0.25) is 14.9 Å². The van der Waals surface area contributed by atoms with Crippen molar-refractivity contribution in [1.82, 2.24) is 14.8 Å². The Morgan fingerprint density at radius 2 is 2.06 bits per heavy atom. The van der Waals surface area contributed by atoms with E-state index in [0.717, 1.165) is 0 Å². The van der Waals surface area contributed by atoms with E-state index in [1.165, 1.54) is 11.0 Å². The van der Waals surface area contributed by atoms with Crippen LogP contribution in [0.5, 0.6) is 0 Å². The summed E-state index contributed by atoms with van der Waals surface area (Å²) < 4.78 is 1.42. The second-order valence-corrected chi connectivity index (χ2v) is 4.19. The molecule has 1 aromatic heterocycles. The number of aliphatic carboxylic acids is 1. The molecular weight excluding hydrogens is 236 g/mol. The fourth-order valence-electron chi connectivity index (χ4n) is 1.99. The van der Waals surface area contributed by atoms with Gasteiger partial charge in [-0.2, -0.15) is 10.1 Å². The monoisotopic (exact) mass is 250 g/mol. The lowest BCUT2D eigenvalue weighted by Gasteiger charge is -2.23. The number of carboxylic acid groups (broad SMARTS) is 1. The predicted octanol–water partition coefficient (Wildman–Crippen LogP) is 0.421. The maximum Gasteiger partial charge on any atom is 0.307 e. The number of carboxylic acids is 1. The van der Waals surface area contributed by atoms with Crippen LogP contribution in [0, 0.1) is 11.8 Å². The molecule has 0 aliphatic heterocycles. The summed E-state index contributed by atoms with van der Waals surface area (Å²) in [6, 6.07) is 0. The SMILES string of the molecule is Cn1ncnc1NC(=O)C1CC=CCC1C(=O)O. The molecule has 0 fully saturated rings. The van der Waals surface area contributed by atoms with E-state index in [0.29, 0.717) is 18.8 Å². The second-order valence-electron chi connectivity index (χ2n) is 4.19. The minimum absolute atomic E-state index is 0.318. The number of carbonyl (C=O) groups excluding carboxylic acids is 1. The summed E-state index contributed by atoms with van der Waals surface area (Å²) in [5.74, 6) is -2.20. The maximum absolute atomic E-state index is 12.0. The van der Waals surface area contributed by atoms with E-state index < -0.39 is 17.8 Å². The normalized spacial score (nSPS) is 22.7. The molecule has 18 heavy (non-hydrogen) atoms. The first-order valence-electron chi connectivity index (χ1n) is 5.62. The summed E-state index contributed by atoms with van der Waals surface area (Å²) in [6.07, 6.45) is 5.77. The van der Waals surface area contributed by atoms with Crippen LogP contribution in [0.25, 0.3) is 0 Å². The maximum atomic E-state index is 12.0. The number of amides is 1. The van der Waals surface area contributed by atoms with Gasteiger partial charge in [-0.1, -0.05) is 12.2 Å². The Morgan fingerprint density at radius 1 is 1.39 bits per heavy atom. The van der Waals surface area contributed by atoms with Crippen LogP contribution in [0.1, 0.15) is 12.8 Å². The van der Waals surface area contributed by atoms with Crippen molar-refractivity contribution in [3.63, 3.8) is 0 Å². The number of nitrogens with zero attached hydrogens (tertiary/aromatic N) is 3. The smallest absolute Gasteiger partial charge is 0.307 e. The summed E-state index contributed by atoms with van der Waals surface area (Å²) in [6.45, 7) is 0. The van der Waals surface area contributed by atoms with Gasteiger partial charge in [0.2, 0.25) is 11.9 Å². The quantitative estimate of drug-likeness (QED) is 0.758. The molecule has 0 spiro atoms. The van der Waals surface area contributed by atoms with Crippen molar-refractivity contribution in [2.24, 2.45) is 18.9 Å². The molecular formula is C11H14N4O3. The summed E-state index contributed by atoms with van der Waals surface area (Å²) in [7, 11) is 1.65. The number of rotatable bonds is 3. The molecule has 2 rings (SSSR count). The van der Waals surface area contributed by atoms with Gasteiger partial charge < -0.3 is 5.11 Å². The number of aromatic nitrogens is 3. The molecule has 96 valence electrons. The van der Waals surface area contributed by atoms with Crippen molar-refractivity contribution in [3.05, 3.63) is 18.5 Å². The molecule has 2 unspecified atom stereocenters. The summed E-state index contributed by atoms with van der Waals surface area (Å²) in [5, 5.41) is 15.5. The first kappa shape index (κ1) is 12.3. The molecule has 7 heteroatoms. The zero-order valence-corrected chi connectivity index (χ0v) is 9.91. The molecule has 0 saturated carbocycles. The van der Waals surface area contributed by atoms with E-state index in [2.05, 4.69) is 15.4 Å². The van der Waals surface area contributed by atoms with Gasteiger partial charge in [0.05, 0.1) is 11.8 Å². The number of aryl methyl sites for hydroxylation is 1. The summed E-state index contributed by atoms with van der Waals surface area (Å²) in [4.78, 5) is 27.0. The van der Waals surface area contributed by atoms with Crippen molar-refractivity contribution in [1.29, 1.82) is 0 Å². The number of hydrogen-bond donors (Lipinski definition) is 2. The Kier molecular flexibility index (Phi) is 3.40. The van der Waals surface area contributed by atoms with Crippen LogP contribution < -0.4 is 5.32 Å². The molecule has 0 saturated heterocycles. The largest absolute Gasteiger partial charge is 0.481 e. The molecule has 1 aromatic rings. The van der Waals surface area contributed by atoms with Crippen molar-refractivity contribution in [2.45, 2.75) is 12.8 Å². The lowest BCUT2D eigenvalue weighted by atomic mass is 9.82. The van der Waals surface area contributed by atoms with E-state index in [1.807, 2.05) is 6.08 Å². The van der Waals surface area contributed by atoms with Gasteiger partial charge in [-0.25, -0.2) is 4.68 Å². The Morgan fingerprint density at radius 3 is 2.61 bits per heavy atom. The fraction of sp³-hybridized carbons (Fsp3) is 0.455. The second kappa shape index (κ2) is 4.99. The highest BCUT2D eigenvalue weighted by atomic mass is 16.4. The molecule has 1 aliphatic carbocycles. The number of anilines is 1. The average Bonchev–Trinajstić information content (AvgIpc) is 2.75. The van der Waals surface area contributed by atoms with E-state index >= 15 is 0 Å². The molecule has 7 nitrogen and oxygen atoms in total. The van der Waals surface area contributed by atoms with Crippen molar-refractivity contribution in [3.8, 4) is 0 Å². The van der Waals surface area contributed by atoms with Gasteiger partial charge in [0.1, 0.15) is 6.33 Å². The molecule has 1 amide bonds. The van der Waals surface area contributed by atoms with Gasteiger partial charge in [-0.05, 0) is 12.8 Å². The third-order valence-corrected chi connectivity index (χ3v) is 3.03. The van der Waals surface area contributed by atoms with E-state index in [-0.39, 0.29) is 5.91 Å². The highest BCUT2D eigenvalue weighted by Gasteiger charge is 2.34. The van der Waals surface area contributed by atoms with Crippen molar-refractivity contribution in [2.75, 3.05) is 5.32 Å². The zero-order valence-electron chi connectivity index (χ0n) is 9.91. The van der Waals surface area contributed by atoms with Crippen LogP contribution in [-0.4, -0.2) is 31.7 Å². The lowest BCUT2D eigenvalue weighted by molar-refractivity contribution is -0.146. The number of nitrogens with one attached hydrogen (secondary N) is 1. The third kappa shape index (κ3) is 2.39. The van der Waals surface area contributed by atoms with Crippen LogP contribution in [0.2, 0.25) is 0 Å².